The molecule has 0 saturated carbocycles. The van der Waals surface area contributed by atoms with Gasteiger partial charge in [-0.3, -0.25) is 14.9 Å². The fourth-order valence-corrected chi connectivity index (χ4v) is 4.03. The Labute approximate surface area is 186 Å². The van der Waals surface area contributed by atoms with Gasteiger partial charge in [0.2, 0.25) is 0 Å². The van der Waals surface area contributed by atoms with Crippen molar-refractivity contribution in [2.24, 2.45) is 0 Å². The van der Waals surface area contributed by atoms with Crippen LogP contribution in [0.5, 0.6) is 5.75 Å². The van der Waals surface area contributed by atoms with Crippen molar-refractivity contribution in [2.75, 3.05) is 6.61 Å². The number of fused-ring (bicyclic) bond motifs is 1. The Morgan fingerprint density at radius 2 is 1.81 bits per heavy atom. The quantitative estimate of drug-likeness (QED) is 0.469. The van der Waals surface area contributed by atoms with E-state index >= 15 is 0 Å². The molecule has 164 valence electrons. The first-order valence-electron chi connectivity index (χ1n) is 10.4. The van der Waals surface area contributed by atoms with Gasteiger partial charge in [0, 0.05) is 6.54 Å². The van der Waals surface area contributed by atoms with Gasteiger partial charge in [0.25, 0.3) is 11.6 Å². The summed E-state index contributed by atoms with van der Waals surface area (Å²) in [5.74, 6) is -0.109. The largest absolute Gasteiger partial charge is 0.488 e. The van der Waals surface area contributed by atoms with Gasteiger partial charge in [-0.05, 0) is 41.7 Å². The fourth-order valence-electron chi connectivity index (χ4n) is 4.03. The predicted octanol–water partition coefficient (Wildman–Crippen LogP) is 4.04. The number of nitro benzene ring substituents is 1. The van der Waals surface area contributed by atoms with Crippen LogP contribution in [-0.4, -0.2) is 33.5 Å². The number of hydrogen-bond donors (Lipinski definition) is 1. The molecule has 0 unspecified atom stereocenters. The highest BCUT2D eigenvalue weighted by molar-refractivity contribution is 5.99. The number of carbonyl (C=O) groups excluding carboxylic acids is 1. The normalized spacial score (nSPS) is 15.2. The van der Waals surface area contributed by atoms with E-state index in [0.29, 0.717) is 24.3 Å². The third-order valence-corrected chi connectivity index (χ3v) is 5.78. The molecule has 0 saturated heterocycles. The van der Waals surface area contributed by atoms with E-state index in [4.69, 9.17) is 4.74 Å². The molecule has 1 aliphatic rings. The van der Waals surface area contributed by atoms with Crippen molar-refractivity contribution in [3.8, 4) is 5.75 Å². The number of aryl methyl sites for hydroxylation is 1. The second-order valence-electron chi connectivity index (χ2n) is 7.91. The minimum atomic E-state index is -0.562. The maximum atomic E-state index is 13.4. The van der Waals surface area contributed by atoms with E-state index in [9.17, 15) is 20.0 Å². The standard InChI is InChI=1S/C25H24N2O5/c1-17-11-22(23(27(30)31)13-24(17)32-16-18-7-3-2-4-8-18)25(29)26-14-20-10-6-5-9-19(20)12-21(26)15-28/h2-11,13,21,28H,12,14-16H2,1H3/t21-/m0/s1. The average Bonchev–Trinajstić information content (AvgIpc) is 2.82. The summed E-state index contributed by atoms with van der Waals surface area (Å²) < 4.78 is 5.81. The van der Waals surface area contributed by atoms with E-state index in [1.165, 1.54) is 17.0 Å². The van der Waals surface area contributed by atoms with E-state index < -0.39 is 16.9 Å². The van der Waals surface area contributed by atoms with Gasteiger partial charge < -0.3 is 14.7 Å². The second kappa shape index (κ2) is 9.20. The predicted molar refractivity (Wildman–Crippen MR) is 120 cm³/mol. The highest BCUT2D eigenvalue weighted by Gasteiger charge is 2.33. The van der Waals surface area contributed by atoms with Gasteiger partial charge in [-0.1, -0.05) is 54.6 Å². The summed E-state index contributed by atoms with van der Waals surface area (Å²) in [5, 5.41) is 21.7. The maximum Gasteiger partial charge on any atom is 0.285 e. The van der Waals surface area contributed by atoms with Crippen molar-refractivity contribution >= 4 is 11.6 Å². The molecule has 1 atom stereocenters. The molecule has 0 radical (unpaired) electrons. The summed E-state index contributed by atoms with van der Waals surface area (Å²) in [7, 11) is 0. The first kappa shape index (κ1) is 21.5. The highest BCUT2D eigenvalue weighted by Crippen LogP contribution is 2.32. The topological polar surface area (TPSA) is 92.9 Å². The Bertz CT molecular complexity index is 1150. The molecule has 0 aliphatic carbocycles. The van der Waals surface area contributed by atoms with E-state index in [1.54, 1.807) is 6.92 Å². The van der Waals surface area contributed by atoms with Crippen LogP contribution in [0.2, 0.25) is 0 Å². The van der Waals surface area contributed by atoms with Gasteiger partial charge in [0.15, 0.2) is 0 Å². The van der Waals surface area contributed by atoms with Crippen molar-refractivity contribution in [1.29, 1.82) is 0 Å². The second-order valence-corrected chi connectivity index (χ2v) is 7.91. The van der Waals surface area contributed by atoms with E-state index in [2.05, 4.69) is 0 Å². The average molecular weight is 432 g/mol. The van der Waals surface area contributed by atoms with Crippen LogP contribution >= 0.6 is 0 Å². The van der Waals surface area contributed by atoms with E-state index in [0.717, 1.165) is 16.7 Å². The molecule has 3 aromatic rings. The number of nitro groups is 1. The van der Waals surface area contributed by atoms with Crippen molar-refractivity contribution in [1.82, 2.24) is 4.90 Å². The third kappa shape index (κ3) is 4.33. The molecule has 0 spiro atoms. The van der Waals surface area contributed by atoms with E-state index in [1.807, 2.05) is 54.6 Å². The minimum Gasteiger partial charge on any atom is -0.488 e. The molecular formula is C25H24N2O5. The van der Waals surface area contributed by atoms with Gasteiger partial charge in [0.05, 0.1) is 23.6 Å². The molecule has 7 heteroatoms. The number of rotatable bonds is 6. The van der Waals surface area contributed by atoms with Crippen molar-refractivity contribution in [2.45, 2.75) is 32.5 Å². The molecule has 1 N–H and O–H groups in total. The molecule has 1 amide bonds. The Balaban J connectivity index is 1.64. The van der Waals surface area contributed by atoms with Crippen LogP contribution in [0.4, 0.5) is 5.69 Å². The van der Waals surface area contributed by atoms with Crippen LogP contribution in [0.3, 0.4) is 0 Å². The van der Waals surface area contributed by atoms with Gasteiger partial charge in [-0.25, -0.2) is 0 Å². The number of aliphatic hydroxyl groups is 1. The number of aliphatic hydroxyl groups excluding tert-OH is 1. The lowest BCUT2D eigenvalue weighted by atomic mass is 9.93. The van der Waals surface area contributed by atoms with Crippen molar-refractivity contribution in [3.63, 3.8) is 0 Å². The zero-order valence-electron chi connectivity index (χ0n) is 17.7. The fraction of sp³-hybridized carbons (Fsp3) is 0.240. The molecule has 1 heterocycles. The first-order chi connectivity index (χ1) is 15.5. The van der Waals surface area contributed by atoms with E-state index in [-0.39, 0.29) is 24.5 Å². The Morgan fingerprint density at radius 1 is 1.12 bits per heavy atom. The molecule has 0 bridgehead atoms. The lowest BCUT2D eigenvalue weighted by molar-refractivity contribution is -0.385. The van der Waals surface area contributed by atoms with Gasteiger partial charge in [-0.2, -0.15) is 0 Å². The molecular weight excluding hydrogens is 408 g/mol. The zero-order valence-corrected chi connectivity index (χ0v) is 17.7. The molecule has 1 aliphatic heterocycles. The summed E-state index contributed by atoms with van der Waals surface area (Å²) in [6.45, 7) is 2.10. The lowest BCUT2D eigenvalue weighted by Crippen LogP contribution is -2.46. The first-order valence-corrected chi connectivity index (χ1v) is 10.4. The van der Waals surface area contributed by atoms with Crippen LogP contribution in [-0.2, 0) is 19.6 Å². The monoisotopic (exact) mass is 432 g/mol. The van der Waals surface area contributed by atoms with Crippen molar-refractivity contribution in [3.05, 3.63) is 105 Å². The molecule has 32 heavy (non-hydrogen) atoms. The van der Waals surface area contributed by atoms with Crippen LogP contribution in [0.1, 0.15) is 32.6 Å². The molecule has 3 aromatic carbocycles. The highest BCUT2D eigenvalue weighted by atomic mass is 16.6. The summed E-state index contributed by atoms with van der Waals surface area (Å²) in [4.78, 5) is 26.2. The van der Waals surface area contributed by atoms with Gasteiger partial charge in [0.1, 0.15) is 17.9 Å². The summed E-state index contributed by atoms with van der Waals surface area (Å²) in [6.07, 6.45) is 0.503. The smallest absolute Gasteiger partial charge is 0.285 e. The molecule has 0 fully saturated rings. The lowest BCUT2D eigenvalue weighted by Gasteiger charge is -2.36. The summed E-state index contributed by atoms with van der Waals surface area (Å²) in [5.41, 5.74) is 3.32. The van der Waals surface area contributed by atoms with Crippen LogP contribution in [0.15, 0.2) is 66.7 Å². The van der Waals surface area contributed by atoms with Crippen LogP contribution < -0.4 is 4.74 Å². The SMILES string of the molecule is Cc1cc(C(=O)N2Cc3ccccc3C[C@H]2CO)c([N+](=O)[O-])cc1OCc1ccccc1. The Morgan fingerprint density at radius 3 is 2.50 bits per heavy atom. The number of nitrogens with zero attached hydrogens (tertiary/aromatic N) is 2. The third-order valence-electron chi connectivity index (χ3n) is 5.78. The number of amides is 1. The molecule has 4 rings (SSSR count). The Kier molecular flexibility index (Phi) is 6.18. The summed E-state index contributed by atoms with van der Waals surface area (Å²) in [6, 6.07) is 19.6. The van der Waals surface area contributed by atoms with Crippen LogP contribution in [0.25, 0.3) is 0 Å². The van der Waals surface area contributed by atoms with Crippen LogP contribution in [0, 0.1) is 17.0 Å². The molecule has 0 aromatic heterocycles. The number of hydrogen-bond acceptors (Lipinski definition) is 5. The Hall–Kier alpha value is -3.71. The summed E-state index contributed by atoms with van der Waals surface area (Å²) >= 11 is 0. The number of carbonyl (C=O) groups is 1. The number of ether oxygens (including phenoxy) is 1. The zero-order chi connectivity index (χ0) is 22.7. The van der Waals surface area contributed by atoms with Gasteiger partial charge >= 0.3 is 0 Å². The van der Waals surface area contributed by atoms with Crippen molar-refractivity contribution < 1.29 is 19.6 Å². The van der Waals surface area contributed by atoms with Gasteiger partial charge in [-0.15, -0.1) is 0 Å². The maximum absolute atomic E-state index is 13.4. The number of benzene rings is 3. The minimum absolute atomic E-state index is 0.00241. The molecule has 7 nitrogen and oxygen atoms in total.